The summed E-state index contributed by atoms with van der Waals surface area (Å²) in [5.41, 5.74) is -2.03. The number of fused-ring (bicyclic) bond motifs is 1. The van der Waals surface area contributed by atoms with Gasteiger partial charge in [-0.15, -0.1) is 0 Å². The fraction of sp³-hybridized carbons (Fsp3) is 0.938. The Labute approximate surface area is 279 Å². The van der Waals surface area contributed by atoms with E-state index in [1.54, 1.807) is 0 Å². The molecule has 0 aromatic rings. The molecule has 48 heavy (non-hydrogen) atoms. The molecule has 2 aliphatic carbocycles. The first-order valence-corrected chi connectivity index (χ1v) is 16.7. The second-order valence-electron chi connectivity index (χ2n) is 15.2. The molecule has 17 unspecified atom stereocenters. The Hall–Kier alpha value is -0.900. The molecule has 0 aromatic carbocycles. The quantitative estimate of drug-likeness (QED) is 0.0808. The van der Waals surface area contributed by atoms with Crippen LogP contribution in [0.15, 0.2) is 12.2 Å². The lowest BCUT2D eigenvalue weighted by Gasteiger charge is -2.54. The molecule has 3 saturated heterocycles. The van der Waals surface area contributed by atoms with E-state index in [0.717, 1.165) is 18.4 Å². The fourth-order valence-corrected chi connectivity index (χ4v) is 8.06. The van der Waals surface area contributed by atoms with Crippen molar-refractivity contribution in [1.29, 1.82) is 0 Å². The summed E-state index contributed by atoms with van der Waals surface area (Å²) in [6, 6.07) is 0. The summed E-state index contributed by atoms with van der Waals surface area (Å²) in [6.07, 6.45) is -14.2. The van der Waals surface area contributed by atoms with Crippen molar-refractivity contribution in [2.45, 2.75) is 144 Å². The predicted octanol–water partition coefficient (Wildman–Crippen LogP) is -3.00. The maximum Gasteiger partial charge on any atom is 0.187 e. The average molecular weight is 695 g/mol. The van der Waals surface area contributed by atoms with Gasteiger partial charge in [0.05, 0.1) is 38.1 Å². The molecule has 0 spiro atoms. The second-order valence-corrected chi connectivity index (χ2v) is 15.2. The van der Waals surface area contributed by atoms with Crippen molar-refractivity contribution in [3.8, 4) is 0 Å². The Balaban J connectivity index is 1.18. The third kappa shape index (κ3) is 7.37. The summed E-state index contributed by atoms with van der Waals surface area (Å²) < 4.78 is 34.6. The van der Waals surface area contributed by atoms with Crippen molar-refractivity contribution in [3.05, 3.63) is 12.2 Å². The van der Waals surface area contributed by atoms with Crippen LogP contribution in [-0.4, -0.2) is 169 Å². The number of hydrogen-bond donors (Lipinski definition) is 10. The fourth-order valence-electron chi connectivity index (χ4n) is 8.06. The molecule has 0 aromatic heterocycles. The van der Waals surface area contributed by atoms with Crippen LogP contribution < -0.4 is 0 Å². The van der Waals surface area contributed by atoms with Gasteiger partial charge >= 0.3 is 0 Å². The maximum absolute atomic E-state index is 10.7. The minimum atomic E-state index is -1.90. The van der Waals surface area contributed by atoms with Gasteiger partial charge in [-0.2, -0.15) is 0 Å². The molecular weight excluding hydrogens is 640 g/mol. The highest BCUT2D eigenvalue weighted by Gasteiger charge is 2.54. The third-order valence-corrected chi connectivity index (χ3v) is 11.4. The van der Waals surface area contributed by atoms with E-state index in [1.165, 1.54) is 0 Å². The van der Waals surface area contributed by atoms with E-state index in [1.807, 2.05) is 13.8 Å². The van der Waals surface area contributed by atoms with Gasteiger partial charge in [0.25, 0.3) is 0 Å². The maximum atomic E-state index is 10.7. The number of aliphatic hydroxyl groups is 10. The summed E-state index contributed by atoms with van der Waals surface area (Å²) in [6.45, 7) is 8.23. The van der Waals surface area contributed by atoms with Crippen molar-refractivity contribution in [2.75, 3.05) is 26.4 Å². The lowest BCUT2D eigenvalue weighted by atomic mass is 9.54. The normalized spacial score (nSPS) is 50.4. The van der Waals surface area contributed by atoms with E-state index in [2.05, 4.69) is 13.5 Å². The van der Waals surface area contributed by atoms with Gasteiger partial charge in [0, 0.05) is 0 Å². The molecule has 3 heterocycles. The second kappa shape index (κ2) is 14.6. The highest BCUT2D eigenvalue weighted by Crippen LogP contribution is 2.56. The number of hydrogen-bond acceptors (Lipinski definition) is 16. The minimum Gasteiger partial charge on any atom is -0.394 e. The molecule has 17 atom stereocenters. The standard InChI is InChI=1S/C32H54O16/c1-14-7-16(45-27-24(39)23(38)21(36)19(47-27)11-43-29-26(41)32(42,12-34)13-44-29)9-31(4)6-5-15(8-17(14)31)30(2,3)48-28-25(40)22(37)20(35)18(10-33)46-28/h15-29,33-42H,1,5-13H2,2-4H3. The molecule has 16 heteroatoms. The Morgan fingerprint density at radius 1 is 0.875 bits per heavy atom. The van der Waals surface area contributed by atoms with E-state index < -0.39 is 104 Å². The van der Waals surface area contributed by atoms with Crippen LogP contribution in [0.2, 0.25) is 0 Å². The molecule has 0 radical (unpaired) electrons. The lowest BCUT2D eigenvalue weighted by Crippen LogP contribution is -2.61. The van der Waals surface area contributed by atoms with Crippen LogP contribution in [0.25, 0.3) is 0 Å². The van der Waals surface area contributed by atoms with E-state index in [4.69, 9.17) is 28.4 Å². The van der Waals surface area contributed by atoms with Crippen LogP contribution in [0.4, 0.5) is 0 Å². The van der Waals surface area contributed by atoms with Gasteiger partial charge in [-0.1, -0.05) is 19.1 Å². The largest absolute Gasteiger partial charge is 0.394 e. The Bertz CT molecular complexity index is 1110. The van der Waals surface area contributed by atoms with E-state index in [-0.39, 0.29) is 30.5 Å². The molecule has 0 amide bonds. The average Bonchev–Trinajstić information content (AvgIpc) is 3.33. The molecule has 0 bridgehead atoms. The van der Waals surface area contributed by atoms with Crippen molar-refractivity contribution < 1.29 is 79.5 Å². The molecule has 3 aliphatic heterocycles. The molecule has 278 valence electrons. The van der Waals surface area contributed by atoms with E-state index in [0.29, 0.717) is 19.3 Å². The number of aliphatic hydroxyl groups excluding tert-OH is 9. The minimum absolute atomic E-state index is 0.00814. The first-order chi connectivity index (χ1) is 22.4. The van der Waals surface area contributed by atoms with Crippen molar-refractivity contribution in [1.82, 2.24) is 0 Å². The smallest absolute Gasteiger partial charge is 0.187 e. The van der Waals surface area contributed by atoms with E-state index >= 15 is 0 Å². The molecule has 2 saturated carbocycles. The van der Waals surface area contributed by atoms with Gasteiger partial charge in [-0.3, -0.25) is 0 Å². The molecule has 5 aliphatic rings. The zero-order valence-electron chi connectivity index (χ0n) is 27.7. The number of rotatable bonds is 10. The summed E-state index contributed by atoms with van der Waals surface area (Å²) >= 11 is 0. The molecule has 5 fully saturated rings. The Kier molecular flexibility index (Phi) is 11.7. The van der Waals surface area contributed by atoms with Crippen LogP contribution in [0.1, 0.15) is 52.9 Å². The lowest BCUT2D eigenvalue weighted by molar-refractivity contribution is -0.331. The van der Waals surface area contributed by atoms with Gasteiger partial charge in [0.2, 0.25) is 0 Å². The number of ether oxygens (including phenoxy) is 6. The zero-order chi connectivity index (χ0) is 35.3. The van der Waals surface area contributed by atoms with Gasteiger partial charge in [-0.25, -0.2) is 0 Å². The van der Waals surface area contributed by atoms with E-state index in [9.17, 15) is 51.1 Å². The van der Waals surface area contributed by atoms with Crippen LogP contribution in [-0.2, 0) is 28.4 Å². The molecule has 5 rings (SSSR count). The summed E-state index contributed by atoms with van der Waals surface area (Å²) in [5, 5.41) is 102. The van der Waals surface area contributed by atoms with Crippen LogP contribution >= 0.6 is 0 Å². The highest BCUT2D eigenvalue weighted by atomic mass is 16.7. The molecule has 10 N–H and O–H groups in total. The summed E-state index contributed by atoms with van der Waals surface area (Å²) in [5.74, 6) is 0.0868. The predicted molar refractivity (Wildman–Crippen MR) is 162 cm³/mol. The SMILES string of the molecule is C=C1CC(OC2OC(COC3OCC(O)(CO)C3O)C(O)C(O)C2O)CC2(C)CCC(C(C)(C)OC3OC(CO)C(O)C(O)C3O)CC12. The highest BCUT2D eigenvalue weighted by molar-refractivity contribution is 5.16. The third-order valence-electron chi connectivity index (χ3n) is 11.4. The van der Waals surface area contributed by atoms with Crippen LogP contribution in [0.5, 0.6) is 0 Å². The molecule has 16 nitrogen and oxygen atoms in total. The van der Waals surface area contributed by atoms with Crippen molar-refractivity contribution >= 4 is 0 Å². The van der Waals surface area contributed by atoms with Crippen LogP contribution in [0.3, 0.4) is 0 Å². The van der Waals surface area contributed by atoms with Crippen molar-refractivity contribution in [3.63, 3.8) is 0 Å². The topological polar surface area (TPSA) is 258 Å². The first kappa shape index (κ1) is 38.3. The Morgan fingerprint density at radius 2 is 1.50 bits per heavy atom. The van der Waals surface area contributed by atoms with Gasteiger partial charge in [0.1, 0.15) is 60.5 Å². The molecular formula is C32H54O16. The van der Waals surface area contributed by atoms with Gasteiger partial charge in [0.15, 0.2) is 18.9 Å². The summed E-state index contributed by atoms with van der Waals surface area (Å²) in [7, 11) is 0. The Morgan fingerprint density at radius 3 is 2.12 bits per heavy atom. The van der Waals surface area contributed by atoms with Gasteiger partial charge < -0.3 is 79.5 Å². The monoisotopic (exact) mass is 694 g/mol. The van der Waals surface area contributed by atoms with Crippen LogP contribution in [0, 0.1) is 17.3 Å². The summed E-state index contributed by atoms with van der Waals surface area (Å²) in [4.78, 5) is 0. The van der Waals surface area contributed by atoms with Gasteiger partial charge in [-0.05, 0) is 63.2 Å². The zero-order valence-corrected chi connectivity index (χ0v) is 27.7. The van der Waals surface area contributed by atoms with Crippen molar-refractivity contribution in [2.24, 2.45) is 17.3 Å². The first-order valence-electron chi connectivity index (χ1n) is 16.7.